The Hall–Kier alpha value is -0.350. The lowest BCUT2D eigenvalue weighted by molar-refractivity contribution is 0.130. The summed E-state index contributed by atoms with van der Waals surface area (Å²) in [7, 11) is 0. The molecule has 2 atom stereocenters. The highest BCUT2D eigenvalue weighted by Gasteiger charge is 2.25. The van der Waals surface area contributed by atoms with Crippen LogP contribution in [0.2, 0.25) is 5.02 Å². The zero-order valence-corrected chi connectivity index (χ0v) is 12.4. The van der Waals surface area contributed by atoms with Crippen LogP contribution in [0.4, 0.5) is 4.39 Å². The predicted molar refractivity (Wildman–Crippen MR) is 75.7 cm³/mol. The number of hydrogen-bond donors (Lipinski definition) is 2. The summed E-state index contributed by atoms with van der Waals surface area (Å²) in [6.07, 6.45) is -0.580. The van der Waals surface area contributed by atoms with Crippen molar-refractivity contribution in [1.82, 2.24) is 0 Å². The lowest BCUT2D eigenvalue weighted by atomic mass is 9.83. The Bertz CT molecular complexity index is 393. The van der Waals surface area contributed by atoms with E-state index in [1.54, 1.807) is 6.07 Å². The van der Waals surface area contributed by atoms with Crippen molar-refractivity contribution in [3.05, 3.63) is 34.6 Å². The van der Waals surface area contributed by atoms with Gasteiger partial charge in [0, 0.05) is 16.6 Å². The third kappa shape index (κ3) is 4.73. The largest absolute Gasteiger partial charge is 0.388 e. The SMILES string of the molecule is CC(C)(C)[C@H](N)C[C@H](O)c1ccc(Cl)cc1F.Cl. The highest BCUT2D eigenvalue weighted by Crippen LogP contribution is 2.28. The second-order valence-electron chi connectivity index (χ2n) is 5.39. The van der Waals surface area contributed by atoms with Crippen LogP contribution in [0.15, 0.2) is 18.2 Å². The maximum Gasteiger partial charge on any atom is 0.130 e. The number of nitrogens with two attached hydrogens (primary N) is 1. The Kier molecular flexibility index (Phi) is 6.58. The molecular formula is C13H20Cl2FNO. The number of aliphatic hydroxyl groups excluding tert-OH is 1. The number of hydrogen-bond acceptors (Lipinski definition) is 2. The normalized spacial score (nSPS) is 14.8. The van der Waals surface area contributed by atoms with Crippen LogP contribution in [0.3, 0.4) is 0 Å². The van der Waals surface area contributed by atoms with Gasteiger partial charge in [-0.25, -0.2) is 4.39 Å². The molecule has 1 aromatic carbocycles. The van der Waals surface area contributed by atoms with Gasteiger partial charge in [0.25, 0.3) is 0 Å². The zero-order valence-electron chi connectivity index (χ0n) is 10.8. The monoisotopic (exact) mass is 295 g/mol. The summed E-state index contributed by atoms with van der Waals surface area (Å²) < 4.78 is 13.6. The molecule has 3 N–H and O–H groups in total. The Morgan fingerprint density at radius 2 is 1.94 bits per heavy atom. The third-order valence-corrected chi connectivity index (χ3v) is 3.15. The standard InChI is InChI=1S/C13H19ClFNO.ClH/c1-13(2,3)12(16)7-11(17)9-5-4-8(14)6-10(9)15;/h4-6,11-12,17H,7,16H2,1-3H3;1H/t11-,12+;/m0./s1. The van der Waals surface area contributed by atoms with Gasteiger partial charge in [-0.2, -0.15) is 0 Å². The van der Waals surface area contributed by atoms with E-state index in [0.717, 1.165) is 0 Å². The molecule has 0 heterocycles. The van der Waals surface area contributed by atoms with Crippen LogP contribution >= 0.6 is 24.0 Å². The molecule has 0 fully saturated rings. The maximum absolute atomic E-state index is 13.6. The molecule has 0 aliphatic heterocycles. The second kappa shape index (κ2) is 6.71. The second-order valence-corrected chi connectivity index (χ2v) is 5.83. The van der Waals surface area contributed by atoms with Crippen LogP contribution in [0.1, 0.15) is 38.9 Å². The maximum atomic E-state index is 13.6. The molecule has 0 unspecified atom stereocenters. The highest BCUT2D eigenvalue weighted by molar-refractivity contribution is 6.30. The molecule has 104 valence electrons. The predicted octanol–water partition coefficient (Wildman–Crippen LogP) is 3.70. The van der Waals surface area contributed by atoms with Crippen LogP contribution in [0.5, 0.6) is 0 Å². The molecule has 0 saturated carbocycles. The van der Waals surface area contributed by atoms with E-state index >= 15 is 0 Å². The van der Waals surface area contributed by atoms with Crippen LogP contribution in [-0.4, -0.2) is 11.1 Å². The Labute approximate surface area is 119 Å². The molecule has 2 nitrogen and oxygen atoms in total. The van der Waals surface area contributed by atoms with Crippen molar-refractivity contribution in [3.8, 4) is 0 Å². The van der Waals surface area contributed by atoms with Crippen molar-refractivity contribution in [1.29, 1.82) is 0 Å². The smallest absolute Gasteiger partial charge is 0.130 e. The number of benzene rings is 1. The Balaban J connectivity index is 0.00000289. The van der Waals surface area contributed by atoms with Gasteiger partial charge in [0.05, 0.1) is 6.10 Å². The molecule has 0 aliphatic carbocycles. The van der Waals surface area contributed by atoms with E-state index < -0.39 is 11.9 Å². The molecule has 0 radical (unpaired) electrons. The number of halogens is 3. The Morgan fingerprint density at radius 3 is 2.39 bits per heavy atom. The zero-order chi connectivity index (χ0) is 13.2. The van der Waals surface area contributed by atoms with Crippen molar-refractivity contribution >= 4 is 24.0 Å². The fraction of sp³-hybridized carbons (Fsp3) is 0.538. The Morgan fingerprint density at radius 1 is 1.39 bits per heavy atom. The molecule has 0 spiro atoms. The van der Waals surface area contributed by atoms with Crippen molar-refractivity contribution < 1.29 is 9.50 Å². The minimum absolute atomic E-state index is 0. The van der Waals surface area contributed by atoms with Gasteiger partial charge in [0.1, 0.15) is 5.82 Å². The fourth-order valence-corrected chi connectivity index (χ4v) is 1.65. The molecular weight excluding hydrogens is 276 g/mol. The molecule has 0 aromatic heterocycles. The van der Waals surface area contributed by atoms with E-state index in [-0.39, 0.29) is 29.4 Å². The van der Waals surface area contributed by atoms with Crippen molar-refractivity contribution in [2.24, 2.45) is 11.1 Å². The minimum Gasteiger partial charge on any atom is -0.388 e. The molecule has 1 aromatic rings. The summed E-state index contributed by atoms with van der Waals surface area (Å²) in [6.45, 7) is 5.97. The van der Waals surface area contributed by atoms with Gasteiger partial charge >= 0.3 is 0 Å². The van der Waals surface area contributed by atoms with Gasteiger partial charge in [-0.05, 0) is 24.0 Å². The molecule has 0 saturated heterocycles. The van der Waals surface area contributed by atoms with Gasteiger partial charge in [0.2, 0.25) is 0 Å². The van der Waals surface area contributed by atoms with Crippen molar-refractivity contribution in [2.45, 2.75) is 39.3 Å². The summed E-state index contributed by atoms with van der Waals surface area (Å²) in [5.41, 5.74) is 6.08. The lowest BCUT2D eigenvalue weighted by Crippen LogP contribution is -2.36. The van der Waals surface area contributed by atoms with Gasteiger partial charge < -0.3 is 10.8 Å². The lowest BCUT2D eigenvalue weighted by Gasteiger charge is -2.29. The first-order valence-electron chi connectivity index (χ1n) is 5.60. The molecule has 5 heteroatoms. The summed E-state index contributed by atoms with van der Waals surface area (Å²) in [4.78, 5) is 0. The summed E-state index contributed by atoms with van der Waals surface area (Å²) in [6, 6.07) is 4.05. The fourth-order valence-electron chi connectivity index (χ4n) is 1.49. The van der Waals surface area contributed by atoms with E-state index in [9.17, 15) is 9.50 Å². The van der Waals surface area contributed by atoms with Crippen LogP contribution in [-0.2, 0) is 0 Å². The van der Waals surface area contributed by atoms with Gasteiger partial charge in [0.15, 0.2) is 0 Å². The summed E-state index contributed by atoms with van der Waals surface area (Å²) in [5, 5.41) is 10.3. The number of aliphatic hydroxyl groups is 1. The molecule has 18 heavy (non-hydrogen) atoms. The van der Waals surface area contributed by atoms with Crippen molar-refractivity contribution in [2.75, 3.05) is 0 Å². The topological polar surface area (TPSA) is 46.2 Å². The average Bonchev–Trinajstić information content (AvgIpc) is 2.15. The van der Waals surface area contributed by atoms with Gasteiger partial charge in [-0.1, -0.05) is 38.4 Å². The van der Waals surface area contributed by atoms with E-state index in [0.29, 0.717) is 11.4 Å². The third-order valence-electron chi connectivity index (χ3n) is 2.91. The van der Waals surface area contributed by atoms with Gasteiger partial charge in [-0.3, -0.25) is 0 Å². The average molecular weight is 296 g/mol. The quantitative estimate of drug-likeness (QED) is 0.893. The van der Waals surface area contributed by atoms with Crippen LogP contribution < -0.4 is 5.73 Å². The first-order chi connectivity index (χ1) is 7.71. The highest BCUT2D eigenvalue weighted by atomic mass is 35.5. The molecule has 1 rings (SSSR count). The van der Waals surface area contributed by atoms with Gasteiger partial charge in [-0.15, -0.1) is 12.4 Å². The number of rotatable bonds is 3. The van der Waals surface area contributed by atoms with E-state index in [2.05, 4.69) is 0 Å². The summed E-state index contributed by atoms with van der Waals surface area (Å²) in [5.74, 6) is -0.494. The van der Waals surface area contributed by atoms with Crippen LogP contribution in [0.25, 0.3) is 0 Å². The molecule has 0 aliphatic rings. The molecule has 0 amide bonds. The molecule has 0 bridgehead atoms. The minimum atomic E-state index is -0.901. The first kappa shape index (κ1) is 17.6. The van der Waals surface area contributed by atoms with E-state index in [4.69, 9.17) is 17.3 Å². The van der Waals surface area contributed by atoms with Crippen LogP contribution in [0, 0.1) is 11.2 Å². The first-order valence-corrected chi connectivity index (χ1v) is 5.98. The van der Waals surface area contributed by atoms with E-state index in [1.807, 2.05) is 20.8 Å². The van der Waals surface area contributed by atoms with Crippen molar-refractivity contribution in [3.63, 3.8) is 0 Å². The summed E-state index contributed by atoms with van der Waals surface area (Å²) >= 11 is 5.65. The van der Waals surface area contributed by atoms with E-state index in [1.165, 1.54) is 12.1 Å².